The van der Waals surface area contributed by atoms with Gasteiger partial charge in [-0.05, 0) is 5.92 Å². The molecule has 1 fully saturated rings. The fourth-order valence-electron chi connectivity index (χ4n) is 2.89. The Morgan fingerprint density at radius 3 is 2.28 bits per heavy atom. The lowest BCUT2D eigenvalue weighted by molar-refractivity contribution is -0.138. The zero-order chi connectivity index (χ0) is 18.9. The van der Waals surface area contributed by atoms with Crippen LogP contribution in [-0.4, -0.2) is 63.9 Å². The van der Waals surface area contributed by atoms with Gasteiger partial charge in [-0.2, -0.15) is 4.31 Å². The van der Waals surface area contributed by atoms with Crippen molar-refractivity contribution in [1.82, 2.24) is 9.21 Å². The predicted octanol–water partition coefficient (Wildman–Crippen LogP) is 1.84. The maximum atomic E-state index is 13.3. The normalized spacial score (nSPS) is 19.4. The third kappa shape index (κ3) is 3.56. The van der Waals surface area contributed by atoms with Crippen molar-refractivity contribution in [2.75, 3.05) is 34.4 Å². The molecule has 9 heteroatoms. The number of ether oxygens (including phenoxy) is 2. The predicted molar refractivity (Wildman–Crippen MR) is 94.7 cm³/mol. The first kappa shape index (κ1) is 19.8. The number of sulfonamides is 1. The number of carbonyl (C=O) groups is 1. The van der Waals surface area contributed by atoms with Crippen LogP contribution in [0.5, 0.6) is 11.5 Å². The van der Waals surface area contributed by atoms with E-state index in [2.05, 4.69) is 0 Å². The van der Waals surface area contributed by atoms with Crippen LogP contribution >= 0.6 is 11.6 Å². The summed E-state index contributed by atoms with van der Waals surface area (Å²) in [6.45, 7) is 4.18. The fourth-order valence-corrected chi connectivity index (χ4v) is 4.99. The zero-order valence-electron chi connectivity index (χ0n) is 14.9. The number of amides is 1. The van der Waals surface area contributed by atoms with Crippen LogP contribution in [0.4, 0.5) is 0 Å². The molecule has 1 aliphatic heterocycles. The lowest BCUT2D eigenvalue weighted by Crippen LogP contribution is -2.59. The Morgan fingerprint density at radius 1 is 1.16 bits per heavy atom. The van der Waals surface area contributed by atoms with Gasteiger partial charge in [-0.25, -0.2) is 8.42 Å². The van der Waals surface area contributed by atoms with Crippen LogP contribution < -0.4 is 9.47 Å². The highest BCUT2D eigenvalue weighted by Gasteiger charge is 2.43. The van der Waals surface area contributed by atoms with Gasteiger partial charge < -0.3 is 14.4 Å². The van der Waals surface area contributed by atoms with Gasteiger partial charge >= 0.3 is 0 Å². The monoisotopic (exact) mass is 390 g/mol. The summed E-state index contributed by atoms with van der Waals surface area (Å²) in [7, 11) is 0.462. The van der Waals surface area contributed by atoms with Crippen molar-refractivity contribution in [2.45, 2.75) is 24.8 Å². The van der Waals surface area contributed by atoms with Gasteiger partial charge in [-0.15, -0.1) is 0 Å². The number of hydrogen-bond donors (Lipinski definition) is 0. The number of halogens is 1. The summed E-state index contributed by atoms with van der Waals surface area (Å²) in [6.07, 6.45) is 0. The summed E-state index contributed by atoms with van der Waals surface area (Å²) < 4.78 is 38.2. The number of methoxy groups -OCH3 is 2. The van der Waals surface area contributed by atoms with Crippen molar-refractivity contribution in [3.05, 3.63) is 17.2 Å². The van der Waals surface area contributed by atoms with Crippen molar-refractivity contribution < 1.29 is 22.7 Å². The van der Waals surface area contributed by atoms with Crippen LogP contribution in [0.15, 0.2) is 17.0 Å². The van der Waals surface area contributed by atoms with Crippen LogP contribution in [0.3, 0.4) is 0 Å². The van der Waals surface area contributed by atoms with Crippen LogP contribution in [0.2, 0.25) is 5.02 Å². The van der Waals surface area contributed by atoms with Crippen molar-refractivity contribution >= 4 is 27.5 Å². The van der Waals surface area contributed by atoms with Gasteiger partial charge in [0.25, 0.3) is 0 Å². The highest BCUT2D eigenvalue weighted by atomic mass is 35.5. The summed E-state index contributed by atoms with van der Waals surface area (Å²) in [6, 6.07) is 1.96. The smallest absolute Gasteiger partial charge is 0.247 e. The van der Waals surface area contributed by atoms with Gasteiger partial charge in [0, 0.05) is 32.3 Å². The van der Waals surface area contributed by atoms with Gasteiger partial charge in [0.2, 0.25) is 15.9 Å². The molecule has 0 saturated carbocycles. The number of nitrogens with zero attached hydrogens (tertiary/aromatic N) is 2. The molecule has 0 aromatic heterocycles. The highest BCUT2D eigenvalue weighted by Crippen LogP contribution is 2.37. The van der Waals surface area contributed by atoms with E-state index in [0.717, 1.165) is 0 Å². The van der Waals surface area contributed by atoms with E-state index in [1.54, 1.807) is 11.9 Å². The molecule has 0 aliphatic carbocycles. The van der Waals surface area contributed by atoms with Crippen molar-refractivity contribution in [3.63, 3.8) is 0 Å². The van der Waals surface area contributed by atoms with Gasteiger partial charge in [0.1, 0.15) is 22.4 Å². The molecule has 1 amide bonds. The fraction of sp³-hybridized carbons (Fsp3) is 0.562. The molecule has 1 atom stereocenters. The molecule has 1 unspecified atom stereocenters. The van der Waals surface area contributed by atoms with E-state index in [0.29, 0.717) is 6.54 Å². The molecule has 2 rings (SSSR count). The second-order valence-corrected chi connectivity index (χ2v) is 8.47. The molecule has 25 heavy (non-hydrogen) atoms. The van der Waals surface area contributed by atoms with Crippen molar-refractivity contribution in [3.8, 4) is 11.5 Å². The van der Waals surface area contributed by atoms with Gasteiger partial charge in [-0.3, -0.25) is 4.79 Å². The van der Waals surface area contributed by atoms with Crippen LogP contribution in [0.25, 0.3) is 0 Å². The maximum Gasteiger partial charge on any atom is 0.247 e. The molecule has 0 N–H and O–H groups in total. The number of carbonyl (C=O) groups excluding carboxylic acids is 1. The Bertz CT molecular complexity index is 766. The molecule has 0 radical (unpaired) electrons. The van der Waals surface area contributed by atoms with E-state index in [1.807, 2.05) is 13.8 Å². The first-order valence-corrected chi connectivity index (χ1v) is 9.65. The highest BCUT2D eigenvalue weighted by molar-refractivity contribution is 7.89. The Kier molecular flexibility index (Phi) is 5.86. The van der Waals surface area contributed by atoms with E-state index < -0.39 is 16.1 Å². The van der Waals surface area contributed by atoms with Gasteiger partial charge in [0.15, 0.2) is 0 Å². The maximum absolute atomic E-state index is 13.3. The number of likely N-dealkylation sites (N-methyl/N-ethyl adjacent to an activating group) is 1. The average Bonchev–Trinajstić information content (AvgIpc) is 2.55. The first-order chi connectivity index (χ1) is 11.6. The van der Waals surface area contributed by atoms with E-state index in [4.69, 9.17) is 21.1 Å². The van der Waals surface area contributed by atoms with E-state index in [1.165, 1.54) is 30.7 Å². The molecule has 1 saturated heterocycles. The summed E-state index contributed by atoms with van der Waals surface area (Å²) in [5.41, 5.74) is 0. The number of rotatable bonds is 5. The zero-order valence-corrected chi connectivity index (χ0v) is 16.5. The second-order valence-electron chi connectivity index (χ2n) is 6.20. The average molecular weight is 391 g/mol. The largest absolute Gasteiger partial charge is 0.495 e. The molecule has 7 nitrogen and oxygen atoms in total. The molecular formula is C16H23ClN2O5S. The number of piperazine rings is 1. The summed E-state index contributed by atoms with van der Waals surface area (Å²) >= 11 is 6.06. The summed E-state index contributed by atoms with van der Waals surface area (Å²) in [4.78, 5) is 14.0. The van der Waals surface area contributed by atoms with Crippen LogP contribution in [0, 0.1) is 5.92 Å². The Balaban J connectivity index is 2.59. The molecule has 1 aromatic rings. The van der Waals surface area contributed by atoms with Gasteiger partial charge in [-0.1, -0.05) is 25.4 Å². The number of hydrogen-bond acceptors (Lipinski definition) is 5. The third-order valence-electron chi connectivity index (χ3n) is 4.25. The SMILES string of the molecule is COc1cc(S(=O)(=O)N2CCN(C)C(=O)C2C(C)C)c(OC)cc1Cl. The minimum Gasteiger partial charge on any atom is -0.495 e. The first-order valence-electron chi connectivity index (χ1n) is 7.83. The Morgan fingerprint density at radius 2 is 1.76 bits per heavy atom. The standard InChI is InChI=1S/C16H23ClN2O5S/c1-10(2)15-16(20)18(3)6-7-19(15)25(21,22)14-9-12(23-4)11(17)8-13(14)24-5/h8-10,15H,6-7H2,1-5H3. The minimum atomic E-state index is -3.98. The Hall–Kier alpha value is -1.51. The molecule has 1 aliphatic rings. The minimum absolute atomic E-state index is 0.0701. The van der Waals surface area contributed by atoms with Crippen molar-refractivity contribution in [2.24, 2.45) is 5.92 Å². The van der Waals surface area contributed by atoms with E-state index >= 15 is 0 Å². The summed E-state index contributed by atoms with van der Waals surface area (Å²) in [5, 5.41) is 0.244. The van der Waals surface area contributed by atoms with Gasteiger partial charge in [0.05, 0.1) is 19.2 Å². The number of benzene rings is 1. The molecule has 0 bridgehead atoms. The molecule has 0 spiro atoms. The van der Waals surface area contributed by atoms with E-state index in [-0.39, 0.29) is 39.8 Å². The molecule has 140 valence electrons. The van der Waals surface area contributed by atoms with Crippen molar-refractivity contribution in [1.29, 1.82) is 0 Å². The lowest BCUT2D eigenvalue weighted by atomic mass is 10.0. The molecule has 1 heterocycles. The summed E-state index contributed by atoms with van der Waals surface area (Å²) in [5.74, 6) is -0.0581. The Labute approximate surface area is 153 Å². The quantitative estimate of drug-likeness (QED) is 0.766. The molecular weight excluding hydrogens is 368 g/mol. The second kappa shape index (κ2) is 7.39. The van der Waals surface area contributed by atoms with Crippen LogP contribution in [0.1, 0.15) is 13.8 Å². The van der Waals surface area contributed by atoms with Crippen LogP contribution in [-0.2, 0) is 14.8 Å². The molecule has 1 aromatic carbocycles. The third-order valence-corrected chi connectivity index (χ3v) is 6.45. The lowest BCUT2D eigenvalue weighted by Gasteiger charge is -2.40. The van der Waals surface area contributed by atoms with E-state index in [9.17, 15) is 13.2 Å². The topological polar surface area (TPSA) is 76.2 Å².